The lowest BCUT2D eigenvalue weighted by molar-refractivity contribution is 0.505. The van der Waals surface area contributed by atoms with Crippen molar-refractivity contribution >= 4 is 15.9 Å². The Hall–Kier alpha value is -0.850. The predicted octanol–water partition coefficient (Wildman–Crippen LogP) is 2.54. The van der Waals surface area contributed by atoms with Crippen LogP contribution >= 0.6 is 15.9 Å². The third-order valence-corrected chi connectivity index (χ3v) is 2.63. The molecule has 0 radical (unpaired) electrons. The van der Waals surface area contributed by atoms with Gasteiger partial charge in [0.05, 0.1) is 18.0 Å². The molecule has 0 saturated heterocycles. The maximum atomic E-state index is 8.61. The van der Waals surface area contributed by atoms with Gasteiger partial charge in [-0.1, -0.05) is 34.1 Å². The topological polar surface area (TPSA) is 49.8 Å². The van der Waals surface area contributed by atoms with Gasteiger partial charge in [-0.25, -0.2) is 0 Å². The minimum absolute atomic E-state index is 0.315. The normalized spacial score (nSPS) is 14.6. The smallest absolute Gasteiger partial charge is 0.0644 e. The van der Waals surface area contributed by atoms with Crippen LogP contribution in [0.2, 0.25) is 0 Å². The van der Waals surface area contributed by atoms with Crippen molar-refractivity contribution in [3.63, 3.8) is 0 Å². The molecule has 0 saturated carbocycles. The van der Waals surface area contributed by atoms with E-state index in [-0.39, 0.29) is 0 Å². The minimum atomic E-state index is -0.575. The zero-order valence-corrected chi connectivity index (χ0v) is 9.01. The Bertz CT molecular complexity index is 339. The Kier molecular flexibility index (Phi) is 3.07. The van der Waals surface area contributed by atoms with Crippen LogP contribution in [0.3, 0.4) is 0 Å². The molecule has 0 fully saturated rings. The fourth-order valence-electron chi connectivity index (χ4n) is 1.18. The molecule has 0 aliphatic heterocycles. The van der Waals surface area contributed by atoms with Gasteiger partial charge in [-0.2, -0.15) is 5.26 Å². The molecule has 1 aromatic rings. The number of nitrogens with two attached hydrogens (primary N) is 1. The summed E-state index contributed by atoms with van der Waals surface area (Å²) in [6, 6.07) is 9.79. The van der Waals surface area contributed by atoms with Crippen molar-refractivity contribution in [3.8, 4) is 6.07 Å². The molecule has 0 spiro atoms. The van der Waals surface area contributed by atoms with Crippen molar-refractivity contribution in [3.05, 3.63) is 34.3 Å². The molecule has 3 heteroatoms. The fourth-order valence-corrected chi connectivity index (χ4v) is 1.92. The Morgan fingerprint density at radius 3 is 2.69 bits per heavy atom. The van der Waals surface area contributed by atoms with Crippen LogP contribution < -0.4 is 5.73 Å². The molecule has 0 aromatic heterocycles. The van der Waals surface area contributed by atoms with Crippen molar-refractivity contribution < 1.29 is 0 Å². The Labute approximate surface area is 86.5 Å². The molecule has 13 heavy (non-hydrogen) atoms. The summed E-state index contributed by atoms with van der Waals surface area (Å²) in [7, 11) is 0. The molecule has 0 bridgehead atoms. The molecule has 2 N–H and O–H groups in total. The maximum Gasteiger partial charge on any atom is 0.0644 e. The number of nitrogens with zero attached hydrogens (tertiary/aromatic N) is 1. The molecule has 0 heterocycles. The zero-order valence-electron chi connectivity index (χ0n) is 7.42. The van der Waals surface area contributed by atoms with Crippen molar-refractivity contribution in [2.45, 2.75) is 18.9 Å². The summed E-state index contributed by atoms with van der Waals surface area (Å²) in [6.07, 6.45) is 0.315. The molecule has 2 nitrogen and oxygen atoms in total. The van der Waals surface area contributed by atoms with Crippen molar-refractivity contribution in [1.82, 2.24) is 0 Å². The third-order valence-electron chi connectivity index (χ3n) is 1.94. The summed E-state index contributed by atoms with van der Waals surface area (Å²) in [4.78, 5) is 0. The first-order valence-electron chi connectivity index (χ1n) is 3.99. The number of nitriles is 1. The van der Waals surface area contributed by atoms with Gasteiger partial charge in [0.15, 0.2) is 0 Å². The van der Waals surface area contributed by atoms with Crippen molar-refractivity contribution in [1.29, 1.82) is 5.26 Å². The molecule has 0 aliphatic carbocycles. The average Bonchev–Trinajstić information content (AvgIpc) is 2.04. The van der Waals surface area contributed by atoms with Crippen molar-refractivity contribution in [2.75, 3.05) is 0 Å². The molecule has 1 aromatic carbocycles. The molecule has 0 amide bonds. The Morgan fingerprint density at radius 2 is 2.15 bits per heavy atom. The second kappa shape index (κ2) is 3.91. The zero-order chi connectivity index (χ0) is 9.90. The maximum absolute atomic E-state index is 8.61. The van der Waals surface area contributed by atoms with Gasteiger partial charge >= 0.3 is 0 Å². The molecule has 68 valence electrons. The van der Waals surface area contributed by atoms with Gasteiger partial charge in [0, 0.05) is 4.47 Å². The van der Waals surface area contributed by atoms with Crippen LogP contribution in [0.1, 0.15) is 18.9 Å². The van der Waals surface area contributed by atoms with E-state index in [1.54, 1.807) is 0 Å². The molecule has 0 unspecified atom stereocenters. The van der Waals surface area contributed by atoms with E-state index in [9.17, 15) is 0 Å². The van der Waals surface area contributed by atoms with E-state index in [1.807, 2.05) is 31.2 Å². The predicted molar refractivity (Wildman–Crippen MR) is 55.9 cm³/mol. The highest BCUT2D eigenvalue weighted by Gasteiger charge is 2.22. The fraction of sp³-hybridized carbons (Fsp3) is 0.300. The van der Waals surface area contributed by atoms with E-state index in [1.165, 1.54) is 0 Å². The van der Waals surface area contributed by atoms with E-state index in [4.69, 9.17) is 11.0 Å². The van der Waals surface area contributed by atoms with E-state index in [0.29, 0.717) is 6.42 Å². The van der Waals surface area contributed by atoms with Gasteiger partial charge in [-0.3, -0.25) is 0 Å². The summed E-state index contributed by atoms with van der Waals surface area (Å²) in [6.45, 7) is 1.86. The molecule has 1 atom stereocenters. The third kappa shape index (κ3) is 2.30. The molecule has 1 rings (SSSR count). The summed E-state index contributed by atoms with van der Waals surface area (Å²) >= 11 is 3.41. The summed E-state index contributed by atoms with van der Waals surface area (Å²) < 4.78 is 0.954. The highest BCUT2D eigenvalue weighted by Crippen LogP contribution is 2.28. The van der Waals surface area contributed by atoms with Gasteiger partial charge in [0.1, 0.15) is 0 Å². The van der Waals surface area contributed by atoms with Gasteiger partial charge in [-0.15, -0.1) is 0 Å². The quantitative estimate of drug-likeness (QED) is 0.862. The average molecular weight is 239 g/mol. The second-order valence-electron chi connectivity index (χ2n) is 3.23. The summed E-state index contributed by atoms with van der Waals surface area (Å²) in [5.41, 5.74) is 6.39. The van der Waals surface area contributed by atoms with Crippen LogP contribution in [-0.2, 0) is 5.54 Å². The summed E-state index contributed by atoms with van der Waals surface area (Å²) in [5, 5.41) is 8.61. The van der Waals surface area contributed by atoms with E-state index < -0.39 is 5.54 Å². The Morgan fingerprint density at radius 1 is 1.54 bits per heavy atom. The first kappa shape index (κ1) is 10.2. The largest absolute Gasteiger partial charge is 0.321 e. The number of hydrogen-bond donors (Lipinski definition) is 1. The first-order valence-corrected chi connectivity index (χ1v) is 4.78. The van der Waals surface area contributed by atoms with Crippen molar-refractivity contribution in [2.24, 2.45) is 5.73 Å². The highest BCUT2D eigenvalue weighted by molar-refractivity contribution is 9.10. The lowest BCUT2D eigenvalue weighted by Crippen LogP contribution is -2.32. The van der Waals surface area contributed by atoms with Crippen LogP contribution in [0.25, 0.3) is 0 Å². The second-order valence-corrected chi connectivity index (χ2v) is 4.09. The van der Waals surface area contributed by atoms with Crippen LogP contribution in [0.5, 0.6) is 0 Å². The highest BCUT2D eigenvalue weighted by atomic mass is 79.9. The number of rotatable bonds is 2. The number of benzene rings is 1. The van der Waals surface area contributed by atoms with Crippen LogP contribution in [0.15, 0.2) is 28.7 Å². The molecular weight excluding hydrogens is 228 g/mol. The number of hydrogen-bond acceptors (Lipinski definition) is 2. The number of halogens is 1. The standard InChI is InChI=1S/C10H11BrN2/c1-10(13,6-7-12)8-4-2-3-5-9(8)11/h2-5H,6,13H2,1H3/t10-/m0/s1. The SMILES string of the molecule is C[C@](N)(CC#N)c1ccccc1Br. The lowest BCUT2D eigenvalue weighted by Gasteiger charge is -2.23. The van der Waals surface area contributed by atoms with E-state index in [0.717, 1.165) is 10.0 Å². The van der Waals surface area contributed by atoms with Gasteiger partial charge < -0.3 is 5.73 Å². The summed E-state index contributed by atoms with van der Waals surface area (Å²) in [5.74, 6) is 0. The minimum Gasteiger partial charge on any atom is -0.321 e. The van der Waals surface area contributed by atoms with E-state index >= 15 is 0 Å². The van der Waals surface area contributed by atoms with Gasteiger partial charge in [0.25, 0.3) is 0 Å². The molecule has 0 aliphatic rings. The Balaban J connectivity index is 3.08. The van der Waals surface area contributed by atoms with Crippen LogP contribution in [-0.4, -0.2) is 0 Å². The van der Waals surface area contributed by atoms with Gasteiger partial charge in [0.2, 0.25) is 0 Å². The monoisotopic (exact) mass is 238 g/mol. The van der Waals surface area contributed by atoms with Crippen LogP contribution in [0, 0.1) is 11.3 Å². The first-order chi connectivity index (χ1) is 6.08. The lowest BCUT2D eigenvalue weighted by atomic mass is 9.90. The van der Waals surface area contributed by atoms with Gasteiger partial charge in [-0.05, 0) is 18.6 Å². The van der Waals surface area contributed by atoms with E-state index in [2.05, 4.69) is 22.0 Å². The molecular formula is C10H11BrN2. The van der Waals surface area contributed by atoms with Crippen LogP contribution in [0.4, 0.5) is 0 Å².